The molecule has 1 aromatic rings. The van der Waals surface area contributed by atoms with E-state index in [1.807, 2.05) is 36.5 Å². The average Bonchev–Trinajstić information content (AvgIpc) is 2.29. The molecule has 0 radical (unpaired) electrons. The summed E-state index contributed by atoms with van der Waals surface area (Å²) >= 11 is 0. The van der Waals surface area contributed by atoms with Gasteiger partial charge < -0.3 is 0 Å². The Hall–Kier alpha value is -1.31. The fourth-order valence-corrected chi connectivity index (χ4v) is 1.36. The van der Waals surface area contributed by atoms with Crippen molar-refractivity contribution >= 4 is 11.9 Å². The van der Waals surface area contributed by atoms with Gasteiger partial charge in [-0.3, -0.25) is 5.43 Å². The lowest BCUT2D eigenvalue weighted by molar-refractivity contribution is 0.685. The highest BCUT2D eigenvalue weighted by molar-refractivity contribution is 5.59. The summed E-state index contributed by atoms with van der Waals surface area (Å²) < 4.78 is 0. The molecule has 0 atom stereocenters. The molecule has 0 aromatic heterocycles. The molecule has 1 rings (SSSR count). The smallest absolute Gasteiger partial charge is 0.0561 e. The molecule has 0 aliphatic heterocycles. The Balaban J connectivity index is 2.07. The van der Waals surface area contributed by atoms with Crippen LogP contribution in [0, 0.1) is 0 Å². The van der Waals surface area contributed by atoms with Crippen molar-refractivity contribution in [2.24, 2.45) is 5.10 Å². The fourth-order valence-electron chi connectivity index (χ4n) is 1.36. The van der Waals surface area contributed by atoms with Crippen LogP contribution < -0.4 is 5.43 Å². The third kappa shape index (κ3) is 5.89. The molecule has 0 saturated carbocycles. The minimum atomic E-state index is 1.04. The summed E-state index contributed by atoms with van der Waals surface area (Å²) in [6.07, 6.45) is 8.21. The SMILES string of the molecule is CCCCCC/C=N/Nc1ccccc1. The lowest BCUT2D eigenvalue weighted by Crippen LogP contribution is -1.88. The van der Waals surface area contributed by atoms with E-state index in [-0.39, 0.29) is 0 Å². The van der Waals surface area contributed by atoms with Gasteiger partial charge in [-0.1, -0.05) is 44.4 Å². The quantitative estimate of drug-likeness (QED) is 0.404. The summed E-state index contributed by atoms with van der Waals surface area (Å²) in [6, 6.07) is 10.0. The van der Waals surface area contributed by atoms with Crippen molar-refractivity contribution in [2.75, 3.05) is 5.43 Å². The van der Waals surface area contributed by atoms with Crippen molar-refractivity contribution in [1.82, 2.24) is 0 Å². The van der Waals surface area contributed by atoms with Crippen LogP contribution in [-0.4, -0.2) is 6.21 Å². The Kier molecular flexibility index (Phi) is 6.30. The highest BCUT2D eigenvalue weighted by Crippen LogP contribution is 2.04. The zero-order valence-electron chi connectivity index (χ0n) is 9.45. The highest BCUT2D eigenvalue weighted by atomic mass is 15.3. The second-order valence-electron chi connectivity index (χ2n) is 3.64. The molecule has 0 amide bonds. The number of nitrogens with one attached hydrogen (secondary N) is 1. The van der Waals surface area contributed by atoms with Crippen LogP contribution in [0.4, 0.5) is 5.69 Å². The summed E-state index contributed by atoms with van der Waals surface area (Å²) in [7, 11) is 0. The van der Waals surface area contributed by atoms with Crippen LogP contribution in [0.15, 0.2) is 35.4 Å². The van der Waals surface area contributed by atoms with Gasteiger partial charge >= 0.3 is 0 Å². The number of nitrogens with zero attached hydrogens (tertiary/aromatic N) is 1. The molecule has 0 bridgehead atoms. The molecule has 0 aliphatic carbocycles. The molecule has 0 fully saturated rings. The number of benzene rings is 1. The van der Waals surface area contributed by atoms with E-state index < -0.39 is 0 Å². The summed E-state index contributed by atoms with van der Waals surface area (Å²) in [5.41, 5.74) is 4.05. The first-order valence-corrected chi connectivity index (χ1v) is 5.76. The predicted octanol–water partition coefficient (Wildman–Crippen LogP) is 4.05. The van der Waals surface area contributed by atoms with Crippen molar-refractivity contribution in [3.63, 3.8) is 0 Å². The number of rotatable bonds is 7. The summed E-state index contributed by atoms with van der Waals surface area (Å²) in [4.78, 5) is 0. The van der Waals surface area contributed by atoms with Crippen molar-refractivity contribution < 1.29 is 0 Å². The Labute approximate surface area is 92.4 Å². The van der Waals surface area contributed by atoms with Gasteiger partial charge in [-0.25, -0.2) is 0 Å². The van der Waals surface area contributed by atoms with Gasteiger partial charge in [0, 0.05) is 6.21 Å². The largest absolute Gasteiger partial charge is 0.279 e. The van der Waals surface area contributed by atoms with Crippen molar-refractivity contribution in [1.29, 1.82) is 0 Å². The summed E-state index contributed by atoms with van der Waals surface area (Å²) in [5.74, 6) is 0. The normalized spacial score (nSPS) is 10.7. The Morgan fingerprint density at radius 3 is 2.67 bits per heavy atom. The van der Waals surface area contributed by atoms with Crippen molar-refractivity contribution in [3.05, 3.63) is 30.3 Å². The molecule has 0 saturated heterocycles. The molecule has 1 aromatic carbocycles. The molecule has 0 spiro atoms. The van der Waals surface area contributed by atoms with E-state index in [1.54, 1.807) is 0 Å². The molecule has 2 heteroatoms. The Morgan fingerprint density at radius 1 is 1.13 bits per heavy atom. The van der Waals surface area contributed by atoms with E-state index in [0.717, 1.165) is 12.1 Å². The first kappa shape index (κ1) is 11.8. The van der Waals surface area contributed by atoms with Gasteiger partial charge in [0.2, 0.25) is 0 Å². The van der Waals surface area contributed by atoms with E-state index in [4.69, 9.17) is 0 Å². The number of para-hydroxylation sites is 1. The monoisotopic (exact) mass is 204 g/mol. The van der Waals surface area contributed by atoms with Crippen LogP contribution in [0.3, 0.4) is 0 Å². The van der Waals surface area contributed by atoms with Gasteiger partial charge in [0.1, 0.15) is 0 Å². The van der Waals surface area contributed by atoms with E-state index in [1.165, 1.54) is 25.7 Å². The minimum absolute atomic E-state index is 1.04. The van der Waals surface area contributed by atoms with Gasteiger partial charge in [0.05, 0.1) is 5.69 Å². The maximum Gasteiger partial charge on any atom is 0.0561 e. The molecule has 82 valence electrons. The maximum absolute atomic E-state index is 4.16. The van der Waals surface area contributed by atoms with Gasteiger partial charge in [-0.2, -0.15) is 5.10 Å². The van der Waals surface area contributed by atoms with Crippen molar-refractivity contribution in [3.8, 4) is 0 Å². The number of unbranched alkanes of at least 4 members (excludes halogenated alkanes) is 4. The van der Waals surface area contributed by atoms with Crippen LogP contribution >= 0.6 is 0 Å². The van der Waals surface area contributed by atoms with Gasteiger partial charge in [-0.05, 0) is 25.0 Å². The first-order chi connectivity index (χ1) is 7.43. The van der Waals surface area contributed by atoms with E-state index in [2.05, 4.69) is 17.5 Å². The number of hydrogen-bond donors (Lipinski definition) is 1. The highest BCUT2D eigenvalue weighted by Gasteiger charge is 1.86. The Morgan fingerprint density at radius 2 is 1.93 bits per heavy atom. The third-order valence-corrected chi connectivity index (χ3v) is 2.25. The predicted molar refractivity (Wildman–Crippen MR) is 67.3 cm³/mol. The zero-order chi connectivity index (χ0) is 10.8. The lowest BCUT2D eigenvalue weighted by Gasteiger charge is -1.98. The molecule has 1 N–H and O–H groups in total. The third-order valence-electron chi connectivity index (χ3n) is 2.25. The zero-order valence-corrected chi connectivity index (χ0v) is 9.45. The number of hydrazone groups is 1. The van der Waals surface area contributed by atoms with Crippen LogP contribution in [0.1, 0.15) is 39.0 Å². The first-order valence-electron chi connectivity index (χ1n) is 5.76. The van der Waals surface area contributed by atoms with Gasteiger partial charge in [-0.15, -0.1) is 0 Å². The molecule has 0 heterocycles. The van der Waals surface area contributed by atoms with Crippen LogP contribution in [0.5, 0.6) is 0 Å². The van der Waals surface area contributed by atoms with E-state index in [0.29, 0.717) is 0 Å². The number of anilines is 1. The van der Waals surface area contributed by atoms with Crippen molar-refractivity contribution in [2.45, 2.75) is 39.0 Å². The second-order valence-corrected chi connectivity index (χ2v) is 3.64. The maximum atomic E-state index is 4.16. The molecule has 0 aliphatic rings. The van der Waals surface area contributed by atoms with Crippen LogP contribution in [-0.2, 0) is 0 Å². The minimum Gasteiger partial charge on any atom is -0.279 e. The fraction of sp³-hybridized carbons (Fsp3) is 0.462. The molecular formula is C13H20N2. The molecule has 0 unspecified atom stereocenters. The standard InChI is InChI=1S/C13H20N2/c1-2-3-4-5-9-12-14-15-13-10-7-6-8-11-13/h6-8,10-12,15H,2-5,9H2,1H3/b14-12+. The molecule has 2 nitrogen and oxygen atoms in total. The second kappa shape index (κ2) is 8.04. The van der Waals surface area contributed by atoms with Gasteiger partial charge in [0.15, 0.2) is 0 Å². The molecular weight excluding hydrogens is 184 g/mol. The van der Waals surface area contributed by atoms with Gasteiger partial charge in [0.25, 0.3) is 0 Å². The van der Waals surface area contributed by atoms with E-state index >= 15 is 0 Å². The van der Waals surface area contributed by atoms with Crippen LogP contribution in [0.2, 0.25) is 0 Å². The lowest BCUT2D eigenvalue weighted by atomic mass is 10.2. The molecule has 15 heavy (non-hydrogen) atoms. The Bertz CT molecular complexity index is 267. The summed E-state index contributed by atoms with van der Waals surface area (Å²) in [6.45, 7) is 2.23. The summed E-state index contributed by atoms with van der Waals surface area (Å²) in [5, 5.41) is 4.16. The van der Waals surface area contributed by atoms with E-state index in [9.17, 15) is 0 Å². The average molecular weight is 204 g/mol. The topological polar surface area (TPSA) is 24.4 Å². The van der Waals surface area contributed by atoms with Crippen LogP contribution in [0.25, 0.3) is 0 Å². The number of hydrogen-bond acceptors (Lipinski definition) is 2.